The molecule has 1 N–H and O–H groups in total. The summed E-state index contributed by atoms with van der Waals surface area (Å²) in [5, 5.41) is 9.31. The van der Waals surface area contributed by atoms with Gasteiger partial charge in [-0.1, -0.05) is 36.4 Å². The van der Waals surface area contributed by atoms with Gasteiger partial charge in [0.2, 0.25) is 11.5 Å². The van der Waals surface area contributed by atoms with Crippen LogP contribution in [0, 0.1) is 11.7 Å². The standard InChI is InChI=1S/C42H45FN4O7/c1-45(41(49)32-23-36(52-2)39(54-4)37(24-32)53-3)26-31(28-13-15-33(43)16-14-28)19-22-46-20-17-29(18-21-46)38(48)40-44-34-7-5-6-8-35(34)47(40)25-27-9-11-30(12-10-27)42(50)51/h5-16,23-24,29,31H,17-22,25-26H2,1-4H3,(H,50,51). The minimum Gasteiger partial charge on any atom is -0.493 e. The molecule has 282 valence electrons. The number of likely N-dealkylation sites (N-methyl/N-ethyl adjacent to an activating group) is 1. The summed E-state index contributed by atoms with van der Waals surface area (Å²) in [5.41, 5.74) is 3.99. The number of likely N-dealkylation sites (tertiary alicyclic amines) is 1. The van der Waals surface area contributed by atoms with E-state index >= 15 is 0 Å². The number of benzene rings is 4. The van der Waals surface area contributed by atoms with Gasteiger partial charge in [-0.15, -0.1) is 0 Å². The molecule has 0 spiro atoms. The van der Waals surface area contributed by atoms with Crippen LogP contribution in [0.3, 0.4) is 0 Å². The zero-order valence-corrected chi connectivity index (χ0v) is 31.0. The van der Waals surface area contributed by atoms with Crippen LogP contribution in [0.4, 0.5) is 4.39 Å². The summed E-state index contributed by atoms with van der Waals surface area (Å²) >= 11 is 0. The number of Topliss-reactive ketones (excluding diaryl/α,β-unsaturated/α-hetero) is 1. The maximum Gasteiger partial charge on any atom is 0.335 e. The molecular formula is C42H45FN4O7. The summed E-state index contributed by atoms with van der Waals surface area (Å²) in [6, 6.07) is 24.0. The third-order valence-electron chi connectivity index (χ3n) is 10.3. The number of ether oxygens (including phenoxy) is 3. The Hall–Kier alpha value is -5.75. The number of para-hydroxylation sites is 2. The normalized spacial score (nSPS) is 14.1. The van der Waals surface area contributed by atoms with Crippen molar-refractivity contribution in [3.05, 3.63) is 119 Å². The summed E-state index contributed by atoms with van der Waals surface area (Å²) in [6.45, 7) is 2.97. The number of ketones is 1. The maximum atomic E-state index is 14.1. The van der Waals surface area contributed by atoms with Gasteiger partial charge in [0.05, 0.1) is 37.9 Å². The predicted octanol–water partition coefficient (Wildman–Crippen LogP) is 6.79. The first-order valence-corrected chi connectivity index (χ1v) is 17.9. The first kappa shape index (κ1) is 38.0. The van der Waals surface area contributed by atoms with Crippen molar-refractivity contribution in [3.8, 4) is 17.2 Å². The molecule has 11 nitrogen and oxygen atoms in total. The summed E-state index contributed by atoms with van der Waals surface area (Å²) in [4.78, 5) is 47.9. The van der Waals surface area contributed by atoms with Gasteiger partial charge >= 0.3 is 5.97 Å². The lowest BCUT2D eigenvalue weighted by atomic mass is 9.90. The predicted molar refractivity (Wildman–Crippen MR) is 203 cm³/mol. The van der Waals surface area contributed by atoms with Crippen molar-refractivity contribution in [3.63, 3.8) is 0 Å². The van der Waals surface area contributed by atoms with Crippen molar-refractivity contribution >= 4 is 28.7 Å². The largest absolute Gasteiger partial charge is 0.493 e. The van der Waals surface area contributed by atoms with Gasteiger partial charge in [-0.3, -0.25) is 9.59 Å². The van der Waals surface area contributed by atoms with Gasteiger partial charge in [-0.05, 0) is 98.6 Å². The van der Waals surface area contributed by atoms with E-state index < -0.39 is 5.97 Å². The average molecular weight is 737 g/mol. The number of aromatic carboxylic acids is 1. The van der Waals surface area contributed by atoms with Crippen LogP contribution in [-0.4, -0.2) is 96.7 Å². The van der Waals surface area contributed by atoms with E-state index in [2.05, 4.69) is 4.90 Å². The fourth-order valence-corrected chi connectivity index (χ4v) is 7.24. The second-order valence-electron chi connectivity index (χ2n) is 13.6. The first-order valence-electron chi connectivity index (χ1n) is 17.9. The molecule has 1 saturated heterocycles. The molecular weight excluding hydrogens is 691 g/mol. The fourth-order valence-electron chi connectivity index (χ4n) is 7.24. The molecule has 0 saturated carbocycles. The highest BCUT2D eigenvalue weighted by Crippen LogP contribution is 2.38. The van der Waals surface area contributed by atoms with E-state index in [0.717, 1.165) is 41.8 Å². The molecule has 4 aromatic carbocycles. The van der Waals surface area contributed by atoms with Gasteiger partial charge < -0.3 is 33.7 Å². The quantitative estimate of drug-likeness (QED) is 0.116. The molecule has 1 amide bonds. The number of nitrogens with zero attached hydrogens (tertiary/aromatic N) is 4. The molecule has 5 aromatic rings. The number of carbonyl (C=O) groups excluding carboxylic acids is 2. The molecule has 0 bridgehead atoms. The second kappa shape index (κ2) is 16.9. The van der Waals surface area contributed by atoms with Crippen molar-refractivity contribution in [2.45, 2.75) is 31.7 Å². The Bertz CT molecular complexity index is 2080. The monoisotopic (exact) mass is 736 g/mol. The van der Waals surface area contributed by atoms with Crippen LogP contribution in [0.15, 0.2) is 84.9 Å². The van der Waals surface area contributed by atoms with Crippen LogP contribution in [0.5, 0.6) is 17.2 Å². The fraction of sp³-hybridized carbons (Fsp3) is 0.333. The van der Waals surface area contributed by atoms with Gasteiger partial charge in [-0.25, -0.2) is 14.2 Å². The highest BCUT2D eigenvalue weighted by Gasteiger charge is 2.30. The molecule has 6 rings (SSSR count). The van der Waals surface area contributed by atoms with E-state index in [-0.39, 0.29) is 34.9 Å². The lowest BCUT2D eigenvalue weighted by molar-refractivity contribution is 0.0695. The maximum absolute atomic E-state index is 14.1. The van der Waals surface area contributed by atoms with Gasteiger partial charge in [0.25, 0.3) is 5.91 Å². The Morgan fingerprint density at radius 2 is 1.54 bits per heavy atom. The number of rotatable bonds is 15. The Balaban J connectivity index is 1.12. The number of amides is 1. The third-order valence-corrected chi connectivity index (χ3v) is 10.3. The molecule has 1 aromatic heterocycles. The van der Waals surface area contributed by atoms with Crippen molar-refractivity contribution in [2.75, 3.05) is 54.6 Å². The number of carboxylic acid groups (broad SMARTS) is 1. The molecule has 12 heteroatoms. The molecule has 1 fully saturated rings. The first-order chi connectivity index (χ1) is 26.1. The highest BCUT2D eigenvalue weighted by molar-refractivity contribution is 5.98. The average Bonchev–Trinajstić information content (AvgIpc) is 3.56. The number of halogens is 1. The molecule has 2 heterocycles. The lowest BCUT2D eigenvalue weighted by Crippen LogP contribution is -2.38. The van der Waals surface area contributed by atoms with Gasteiger partial charge in [0, 0.05) is 37.5 Å². The van der Waals surface area contributed by atoms with Gasteiger partial charge in [0.15, 0.2) is 17.3 Å². The Morgan fingerprint density at radius 3 is 2.15 bits per heavy atom. The van der Waals surface area contributed by atoms with Crippen molar-refractivity contribution in [2.24, 2.45) is 5.92 Å². The number of piperidine rings is 1. The van der Waals surface area contributed by atoms with Crippen molar-refractivity contribution in [1.82, 2.24) is 19.4 Å². The molecule has 1 aliphatic rings. The van der Waals surface area contributed by atoms with E-state index in [4.69, 9.17) is 19.2 Å². The number of carboxylic acids is 1. The molecule has 54 heavy (non-hydrogen) atoms. The number of aromatic nitrogens is 2. The van der Waals surface area contributed by atoms with E-state index in [1.165, 1.54) is 33.5 Å². The molecule has 0 radical (unpaired) electrons. The molecule has 1 aliphatic heterocycles. The smallest absolute Gasteiger partial charge is 0.335 e. The number of fused-ring (bicyclic) bond motifs is 1. The molecule has 1 atom stereocenters. The number of hydrogen-bond donors (Lipinski definition) is 1. The highest BCUT2D eigenvalue weighted by atomic mass is 19.1. The van der Waals surface area contributed by atoms with Crippen molar-refractivity contribution in [1.29, 1.82) is 0 Å². The topological polar surface area (TPSA) is 123 Å². The zero-order valence-electron chi connectivity index (χ0n) is 31.0. The van der Waals surface area contributed by atoms with Crippen LogP contribution in [0.2, 0.25) is 0 Å². The molecule has 1 unspecified atom stereocenters. The second-order valence-corrected chi connectivity index (χ2v) is 13.6. The Kier molecular flexibility index (Phi) is 11.9. The number of imidazole rings is 1. The Labute approximate surface area is 313 Å². The van der Waals surface area contributed by atoms with Crippen LogP contribution in [-0.2, 0) is 6.54 Å². The number of carbonyl (C=O) groups is 3. The van der Waals surface area contributed by atoms with Crippen molar-refractivity contribution < 1.29 is 38.1 Å². The number of hydrogen-bond acceptors (Lipinski definition) is 8. The summed E-state index contributed by atoms with van der Waals surface area (Å²) in [7, 11) is 6.26. The van der Waals surface area contributed by atoms with Crippen LogP contribution >= 0.6 is 0 Å². The van der Waals surface area contributed by atoms with E-state index in [9.17, 15) is 23.9 Å². The summed E-state index contributed by atoms with van der Waals surface area (Å²) in [6.07, 6.45) is 2.07. The summed E-state index contributed by atoms with van der Waals surface area (Å²) < 4.78 is 32.2. The van der Waals surface area contributed by atoms with E-state index in [1.54, 1.807) is 60.5 Å². The van der Waals surface area contributed by atoms with Gasteiger partial charge in [0.1, 0.15) is 5.82 Å². The van der Waals surface area contributed by atoms with Gasteiger partial charge in [-0.2, -0.15) is 0 Å². The van der Waals surface area contributed by atoms with Crippen LogP contribution < -0.4 is 14.2 Å². The van der Waals surface area contributed by atoms with E-state index in [0.29, 0.717) is 61.0 Å². The SMILES string of the molecule is COc1cc(C(=O)N(C)CC(CCN2CCC(C(=O)c3nc4ccccc4n3Cc3ccc(C(=O)O)cc3)CC2)c2ccc(F)cc2)cc(OC)c1OC. The number of methoxy groups -OCH3 is 3. The summed E-state index contributed by atoms with van der Waals surface area (Å²) in [5.74, 6) is -0.219. The zero-order chi connectivity index (χ0) is 38.4. The third kappa shape index (κ3) is 8.39. The lowest BCUT2D eigenvalue weighted by Gasteiger charge is -2.33. The van der Waals surface area contributed by atoms with E-state index in [1.807, 2.05) is 28.8 Å². The molecule has 0 aliphatic carbocycles. The van der Waals surface area contributed by atoms with Crippen LogP contribution in [0.1, 0.15) is 67.6 Å². The Morgan fingerprint density at radius 1 is 0.889 bits per heavy atom. The minimum atomic E-state index is -0.988. The minimum absolute atomic E-state index is 0.00382. The van der Waals surface area contributed by atoms with Crippen LogP contribution in [0.25, 0.3) is 11.0 Å².